The van der Waals surface area contributed by atoms with Crippen LogP contribution in [0.15, 0.2) is 30.4 Å². The third-order valence-corrected chi connectivity index (χ3v) is 3.37. The van der Waals surface area contributed by atoms with E-state index in [1.807, 2.05) is 30.4 Å². The van der Waals surface area contributed by atoms with Crippen molar-refractivity contribution < 1.29 is 14.3 Å². The SMILES string of the molecule is COc1ccc(CNC(=O)C2C=CC(N)C2)cc1OC. The van der Waals surface area contributed by atoms with Gasteiger partial charge >= 0.3 is 0 Å². The molecular weight excluding hydrogens is 256 g/mol. The predicted octanol–water partition coefficient (Wildman–Crippen LogP) is 1.22. The van der Waals surface area contributed by atoms with E-state index in [9.17, 15) is 4.79 Å². The summed E-state index contributed by atoms with van der Waals surface area (Å²) in [5.41, 5.74) is 6.70. The lowest BCUT2D eigenvalue weighted by Crippen LogP contribution is -2.30. The molecule has 1 aromatic rings. The topological polar surface area (TPSA) is 73.6 Å². The lowest BCUT2D eigenvalue weighted by atomic mass is 10.1. The highest BCUT2D eigenvalue weighted by Gasteiger charge is 2.22. The minimum absolute atomic E-state index is 0.00369. The molecule has 108 valence electrons. The first-order valence-corrected chi connectivity index (χ1v) is 6.56. The second kappa shape index (κ2) is 6.43. The highest BCUT2D eigenvalue weighted by Crippen LogP contribution is 2.27. The quantitative estimate of drug-likeness (QED) is 0.793. The van der Waals surface area contributed by atoms with Crippen LogP contribution < -0.4 is 20.5 Å². The molecule has 2 rings (SSSR count). The summed E-state index contributed by atoms with van der Waals surface area (Å²) in [6, 6.07) is 5.57. The molecule has 1 amide bonds. The Balaban J connectivity index is 1.94. The minimum Gasteiger partial charge on any atom is -0.493 e. The maximum Gasteiger partial charge on any atom is 0.227 e. The fourth-order valence-electron chi connectivity index (χ4n) is 2.23. The van der Waals surface area contributed by atoms with Gasteiger partial charge in [0.2, 0.25) is 5.91 Å². The average Bonchev–Trinajstić information content (AvgIpc) is 2.91. The molecule has 3 N–H and O–H groups in total. The van der Waals surface area contributed by atoms with Gasteiger partial charge in [0.05, 0.1) is 20.1 Å². The summed E-state index contributed by atoms with van der Waals surface area (Å²) in [5, 5.41) is 2.91. The van der Waals surface area contributed by atoms with Crippen LogP contribution in [0.4, 0.5) is 0 Å². The van der Waals surface area contributed by atoms with E-state index in [0.717, 1.165) is 5.56 Å². The van der Waals surface area contributed by atoms with Crippen molar-refractivity contribution >= 4 is 5.91 Å². The molecule has 5 heteroatoms. The number of nitrogens with one attached hydrogen (secondary N) is 1. The van der Waals surface area contributed by atoms with Crippen molar-refractivity contribution in [1.29, 1.82) is 0 Å². The molecule has 5 nitrogen and oxygen atoms in total. The zero-order valence-corrected chi connectivity index (χ0v) is 11.8. The Labute approximate surface area is 118 Å². The first-order chi connectivity index (χ1) is 9.63. The van der Waals surface area contributed by atoms with Gasteiger partial charge in [0, 0.05) is 12.6 Å². The fraction of sp³-hybridized carbons (Fsp3) is 0.400. The molecule has 0 heterocycles. The standard InChI is InChI=1S/C15H20N2O3/c1-19-13-6-3-10(7-14(13)20-2)9-17-15(18)11-4-5-12(16)8-11/h3-7,11-12H,8-9,16H2,1-2H3,(H,17,18). The number of rotatable bonds is 5. The Morgan fingerprint density at radius 2 is 2.05 bits per heavy atom. The van der Waals surface area contributed by atoms with Crippen LogP contribution >= 0.6 is 0 Å². The zero-order chi connectivity index (χ0) is 14.5. The lowest BCUT2D eigenvalue weighted by Gasteiger charge is -2.12. The Kier molecular flexibility index (Phi) is 4.63. The second-order valence-electron chi connectivity index (χ2n) is 4.80. The van der Waals surface area contributed by atoms with Crippen molar-refractivity contribution in [3.63, 3.8) is 0 Å². The normalized spacial score (nSPS) is 20.8. The zero-order valence-electron chi connectivity index (χ0n) is 11.8. The summed E-state index contributed by atoms with van der Waals surface area (Å²) in [5.74, 6) is 1.21. The Morgan fingerprint density at radius 1 is 1.30 bits per heavy atom. The molecule has 0 saturated heterocycles. The molecule has 1 aliphatic rings. The van der Waals surface area contributed by atoms with E-state index in [0.29, 0.717) is 24.5 Å². The Morgan fingerprint density at radius 3 is 2.65 bits per heavy atom. The number of ether oxygens (including phenoxy) is 2. The van der Waals surface area contributed by atoms with Gasteiger partial charge in [0.1, 0.15) is 0 Å². The van der Waals surface area contributed by atoms with Crippen molar-refractivity contribution in [3.05, 3.63) is 35.9 Å². The smallest absolute Gasteiger partial charge is 0.227 e. The molecule has 0 saturated carbocycles. The predicted molar refractivity (Wildman–Crippen MR) is 76.6 cm³/mol. The fourth-order valence-corrected chi connectivity index (χ4v) is 2.23. The van der Waals surface area contributed by atoms with Crippen molar-refractivity contribution in [1.82, 2.24) is 5.32 Å². The molecule has 0 aliphatic heterocycles. The molecule has 0 radical (unpaired) electrons. The molecule has 0 bridgehead atoms. The van der Waals surface area contributed by atoms with Gasteiger partial charge in [-0.05, 0) is 24.1 Å². The molecule has 1 aliphatic carbocycles. The number of carbonyl (C=O) groups is 1. The van der Waals surface area contributed by atoms with Crippen LogP contribution in [0.5, 0.6) is 11.5 Å². The summed E-state index contributed by atoms with van der Waals surface area (Å²) in [4.78, 5) is 12.0. The molecule has 1 aromatic carbocycles. The van der Waals surface area contributed by atoms with Gasteiger partial charge < -0.3 is 20.5 Å². The maximum atomic E-state index is 12.0. The third-order valence-electron chi connectivity index (χ3n) is 3.37. The highest BCUT2D eigenvalue weighted by molar-refractivity contribution is 5.81. The monoisotopic (exact) mass is 276 g/mol. The number of benzene rings is 1. The van der Waals surface area contributed by atoms with Crippen LogP contribution in [0, 0.1) is 5.92 Å². The largest absolute Gasteiger partial charge is 0.493 e. The molecular formula is C15H20N2O3. The van der Waals surface area contributed by atoms with Gasteiger partial charge in [-0.2, -0.15) is 0 Å². The number of hydrogen-bond donors (Lipinski definition) is 2. The maximum absolute atomic E-state index is 12.0. The number of nitrogens with two attached hydrogens (primary N) is 1. The van der Waals surface area contributed by atoms with Crippen LogP contribution in [0.3, 0.4) is 0 Å². The summed E-state index contributed by atoms with van der Waals surface area (Å²) in [7, 11) is 3.18. The van der Waals surface area contributed by atoms with E-state index in [1.165, 1.54) is 0 Å². The second-order valence-corrected chi connectivity index (χ2v) is 4.80. The van der Waals surface area contributed by atoms with Crippen LogP contribution in [0.1, 0.15) is 12.0 Å². The number of methoxy groups -OCH3 is 2. The van der Waals surface area contributed by atoms with E-state index in [-0.39, 0.29) is 17.9 Å². The summed E-state index contributed by atoms with van der Waals surface area (Å²) in [6.07, 6.45) is 4.42. The van der Waals surface area contributed by atoms with Gasteiger partial charge in [-0.25, -0.2) is 0 Å². The summed E-state index contributed by atoms with van der Waals surface area (Å²) in [6.45, 7) is 0.457. The first-order valence-electron chi connectivity index (χ1n) is 6.56. The molecule has 20 heavy (non-hydrogen) atoms. The summed E-state index contributed by atoms with van der Waals surface area (Å²) >= 11 is 0. The van der Waals surface area contributed by atoms with Crippen molar-refractivity contribution in [2.75, 3.05) is 14.2 Å². The van der Waals surface area contributed by atoms with Gasteiger partial charge in [0.15, 0.2) is 11.5 Å². The van der Waals surface area contributed by atoms with E-state index in [1.54, 1.807) is 14.2 Å². The summed E-state index contributed by atoms with van der Waals surface area (Å²) < 4.78 is 10.4. The van der Waals surface area contributed by atoms with Crippen LogP contribution in [-0.2, 0) is 11.3 Å². The molecule has 2 atom stereocenters. The van der Waals surface area contributed by atoms with E-state index in [4.69, 9.17) is 15.2 Å². The van der Waals surface area contributed by atoms with Crippen molar-refractivity contribution in [2.45, 2.75) is 19.0 Å². The van der Waals surface area contributed by atoms with Gasteiger partial charge in [0.25, 0.3) is 0 Å². The van der Waals surface area contributed by atoms with Crippen molar-refractivity contribution in [3.8, 4) is 11.5 Å². The van der Waals surface area contributed by atoms with E-state index < -0.39 is 0 Å². The molecule has 2 unspecified atom stereocenters. The Bertz CT molecular complexity index is 514. The first kappa shape index (κ1) is 14.4. The molecule has 0 aromatic heterocycles. The minimum atomic E-state index is -0.120. The van der Waals surface area contributed by atoms with E-state index >= 15 is 0 Å². The van der Waals surface area contributed by atoms with E-state index in [2.05, 4.69) is 5.32 Å². The Hall–Kier alpha value is -2.01. The lowest BCUT2D eigenvalue weighted by molar-refractivity contribution is -0.123. The van der Waals surface area contributed by atoms with Gasteiger partial charge in [-0.15, -0.1) is 0 Å². The third kappa shape index (κ3) is 3.30. The number of amides is 1. The average molecular weight is 276 g/mol. The molecule has 0 spiro atoms. The van der Waals surface area contributed by atoms with Crippen molar-refractivity contribution in [2.24, 2.45) is 11.7 Å². The number of carbonyl (C=O) groups excluding carboxylic acids is 1. The molecule has 0 fully saturated rings. The van der Waals surface area contributed by atoms with Crippen LogP contribution in [-0.4, -0.2) is 26.2 Å². The highest BCUT2D eigenvalue weighted by atomic mass is 16.5. The number of hydrogen-bond acceptors (Lipinski definition) is 4. The van der Waals surface area contributed by atoms with Crippen LogP contribution in [0.25, 0.3) is 0 Å². The van der Waals surface area contributed by atoms with Gasteiger partial charge in [-0.1, -0.05) is 18.2 Å². The van der Waals surface area contributed by atoms with Crippen LogP contribution in [0.2, 0.25) is 0 Å². The van der Waals surface area contributed by atoms with Gasteiger partial charge in [-0.3, -0.25) is 4.79 Å².